The van der Waals surface area contributed by atoms with Gasteiger partial charge < -0.3 is 17.8 Å². The Balaban J connectivity index is 0.00000133. The summed E-state index contributed by atoms with van der Waals surface area (Å²) in [6, 6.07) is 10.0. The number of benzene rings is 2. The number of hydrogen-bond acceptors (Lipinski definition) is 1. The van der Waals surface area contributed by atoms with Crippen molar-refractivity contribution in [3.05, 3.63) is 42.0 Å². The molecule has 0 aliphatic carbocycles. The minimum Gasteiger partial charge on any atom is -0.448 e. The Bertz CT molecular complexity index is 654. The predicted molar refractivity (Wildman–Crippen MR) is 64.7 cm³/mol. The first kappa shape index (κ1) is 15.1. The van der Waals surface area contributed by atoms with E-state index in [0.29, 0.717) is 16.6 Å². The Morgan fingerprint density at radius 3 is 2.32 bits per heavy atom. The normalized spacial score (nSPS) is 13.8. The molecule has 92 valence electrons. The number of rotatable bonds is 2. The molecule has 0 radical (unpaired) electrons. The number of halogens is 3. The number of nitrogens with zero attached hydrogens (tertiary/aromatic N) is 1. The second-order valence-corrected chi connectivity index (χ2v) is 4.31. The summed E-state index contributed by atoms with van der Waals surface area (Å²) in [7, 11) is 0. The van der Waals surface area contributed by atoms with Gasteiger partial charge in [-0.2, -0.15) is 0 Å². The summed E-state index contributed by atoms with van der Waals surface area (Å²) in [6.45, 7) is -5.04. The minimum atomic E-state index is -5.04. The maximum atomic E-state index is 12.6. The summed E-state index contributed by atoms with van der Waals surface area (Å²) < 4.78 is 37.7. The first-order valence-corrected chi connectivity index (χ1v) is 5.52. The van der Waals surface area contributed by atoms with Gasteiger partial charge in [0.05, 0.1) is 0 Å². The molecule has 0 atom stereocenters. The maximum Gasteiger partial charge on any atom is 1.00 e. The van der Waals surface area contributed by atoms with Crippen molar-refractivity contribution in [2.45, 2.75) is 0 Å². The Morgan fingerprint density at radius 1 is 1.05 bits per heavy atom. The fourth-order valence-electron chi connectivity index (χ4n) is 2.37. The topological polar surface area (TPSA) is 20.3 Å². The van der Waals surface area contributed by atoms with Gasteiger partial charge in [0.1, 0.15) is 0 Å². The molecule has 0 spiro atoms. The maximum absolute atomic E-state index is 12.6. The van der Waals surface area contributed by atoms with E-state index in [9.17, 15) is 17.7 Å². The molecule has 0 aromatic heterocycles. The van der Waals surface area contributed by atoms with Crippen molar-refractivity contribution in [1.82, 2.24) is 0 Å². The van der Waals surface area contributed by atoms with E-state index >= 15 is 0 Å². The van der Waals surface area contributed by atoms with E-state index in [-0.39, 0.29) is 51.4 Å². The molecule has 1 amide bonds. The molecule has 1 heterocycles. The molecule has 0 saturated heterocycles. The van der Waals surface area contributed by atoms with Crippen molar-refractivity contribution in [2.24, 2.45) is 0 Å². The number of carbonyl (C=O) groups excluding carboxylic acids is 1. The van der Waals surface area contributed by atoms with E-state index in [1.807, 2.05) is 0 Å². The molecule has 2 aromatic rings. The van der Waals surface area contributed by atoms with Crippen LogP contribution >= 0.6 is 0 Å². The second-order valence-electron chi connectivity index (χ2n) is 4.31. The van der Waals surface area contributed by atoms with Crippen molar-refractivity contribution in [2.75, 3.05) is 11.3 Å². The summed E-state index contributed by atoms with van der Waals surface area (Å²) in [4.78, 5) is 12.8. The molecule has 2 nitrogen and oxygen atoms in total. The van der Waals surface area contributed by atoms with Crippen molar-refractivity contribution in [3.8, 4) is 0 Å². The van der Waals surface area contributed by atoms with Crippen LogP contribution in [0.15, 0.2) is 36.4 Å². The van der Waals surface area contributed by atoms with E-state index in [4.69, 9.17) is 0 Å². The zero-order valence-electron chi connectivity index (χ0n) is 10.2. The van der Waals surface area contributed by atoms with Crippen LogP contribution in [0.1, 0.15) is 10.4 Å². The van der Waals surface area contributed by atoms with Crippen molar-refractivity contribution in [1.29, 1.82) is 0 Å². The molecule has 0 fully saturated rings. The first-order chi connectivity index (χ1) is 8.47. The average Bonchev–Trinajstić information content (AvgIpc) is 2.56. The Morgan fingerprint density at radius 2 is 1.68 bits per heavy atom. The van der Waals surface area contributed by atoms with E-state index in [2.05, 4.69) is 0 Å². The van der Waals surface area contributed by atoms with Crippen LogP contribution in [-0.4, -0.2) is 19.3 Å². The molecule has 0 saturated carbocycles. The van der Waals surface area contributed by atoms with Crippen molar-refractivity contribution < 1.29 is 69.1 Å². The largest absolute Gasteiger partial charge is 1.00 e. The molecule has 1 aliphatic rings. The third-order valence-electron chi connectivity index (χ3n) is 3.04. The van der Waals surface area contributed by atoms with Crippen molar-refractivity contribution >= 4 is 29.3 Å². The molecule has 0 N–H and O–H groups in total. The Kier molecular flexibility index (Phi) is 4.13. The van der Waals surface area contributed by atoms with Gasteiger partial charge in [-0.25, -0.2) is 0 Å². The van der Waals surface area contributed by atoms with E-state index in [1.54, 1.807) is 36.4 Å². The van der Waals surface area contributed by atoms with Gasteiger partial charge in [0.15, 0.2) is 0 Å². The van der Waals surface area contributed by atoms with Gasteiger partial charge in [-0.3, -0.25) is 4.79 Å². The van der Waals surface area contributed by atoms with Crippen molar-refractivity contribution in [3.63, 3.8) is 0 Å². The quantitative estimate of drug-likeness (QED) is 0.723. The molecule has 3 rings (SSSR count). The second kappa shape index (κ2) is 5.22. The van der Waals surface area contributed by atoms with Gasteiger partial charge in [0.25, 0.3) is 5.91 Å². The van der Waals surface area contributed by atoms with Crippen LogP contribution in [-0.2, 0) is 0 Å². The van der Waals surface area contributed by atoms with Crippen LogP contribution < -0.4 is 56.3 Å². The Labute approximate surface area is 150 Å². The van der Waals surface area contributed by atoms with Crippen LogP contribution in [0.3, 0.4) is 0 Å². The molecule has 2 aromatic carbocycles. The van der Waals surface area contributed by atoms with Gasteiger partial charge in [-0.05, 0) is 24.0 Å². The molecular weight excluding hydrogens is 281 g/mol. The SMILES string of the molecule is O=C1c2cccc3cccc(c23)N1C[B-](F)(F)F.[K+]. The fraction of sp³-hybridized carbons (Fsp3) is 0.0833. The molecular formula is C12H8BF3KNO. The Hall–Kier alpha value is -0.339. The third kappa shape index (κ3) is 2.62. The summed E-state index contributed by atoms with van der Waals surface area (Å²) in [5.74, 6) is -0.569. The number of amides is 1. The van der Waals surface area contributed by atoms with Gasteiger partial charge in [-0.15, -0.1) is 0 Å². The van der Waals surface area contributed by atoms with Gasteiger partial charge in [-0.1, -0.05) is 24.3 Å². The third-order valence-corrected chi connectivity index (χ3v) is 3.04. The van der Waals surface area contributed by atoms with E-state index in [1.165, 1.54) is 0 Å². The van der Waals surface area contributed by atoms with E-state index in [0.717, 1.165) is 10.3 Å². The van der Waals surface area contributed by atoms with Gasteiger partial charge >= 0.3 is 58.4 Å². The van der Waals surface area contributed by atoms with Crippen LogP contribution in [0.2, 0.25) is 0 Å². The minimum absolute atomic E-state index is 0. The van der Waals surface area contributed by atoms with Crippen LogP contribution in [0.25, 0.3) is 10.8 Å². The summed E-state index contributed by atoms with van der Waals surface area (Å²) >= 11 is 0. The molecule has 0 unspecified atom stereocenters. The summed E-state index contributed by atoms with van der Waals surface area (Å²) in [6.07, 6.45) is -1.19. The van der Waals surface area contributed by atoms with Gasteiger partial charge in [0, 0.05) is 16.6 Å². The molecule has 0 bridgehead atoms. The summed E-state index contributed by atoms with van der Waals surface area (Å²) in [5.41, 5.74) is 0.704. The van der Waals surface area contributed by atoms with Crippen LogP contribution in [0.4, 0.5) is 18.6 Å². The van der Waals surface area contributed by atoms with Gasteiger partial charge in [0.2, 0.25) is 0 Å². The zero-order chi connectivity index (χ0) is 12.9. The van der Waals surface area contributed by atoms with Crippen LogP contribution in [0.5, 0.6) is 0 Å². The monoisotopic (exact) mass is 289 g/mol. The number of anilines is 1. The predicted octanol–water partition coefficient (Wildman–Crippen LogP) is 0.191. The van der Waals surface area contributed by atoms with E-state index < -0.39 is 19.3 Å². The average molecular weight is 289 g/mol. The smallest absolute Gasteiger partial charge is 0.448 e. The molecule has 19 heavy (non-hydrogen) atoms. The summed E-state index contributed by atoms with van der Waals surface area (Å²) in [5, 5.41) is 1.40. The number of hydrogen-bond donors (Lipinski definition) is 0. The molecule has 7 heteroatoms. The zero-order valence-corrected chi connectivity index (χ0v) is 13.4. The first-order valence-electron chi connectivity index (χ1n) is 5.52. The fourth-order valence-corrected chi connectivity index (χ4v) is 2.37. The molecule has 1 aliphatic heterocycles. The standard InChI is InChI=1S/C12H8BF3NO.K/c14-13(15,16)7-17-10-6-2-4-8-3-1-5-9(11(8)10)12(17)18;/h1-6H,7H2;/q-1;+1. The number of carbonyl (C=O) groups is 1. The van der Waals surface area contributed by atoms with Crippen LogP contribution in [0, 0.1) is 0 Å².